The molecule has 2 saturated heterocycles. The Balaban J connectivity index is 1.80. The number of para-hydroxylation sites is 1. The molecular weight excluding hydrogens is 240 g/mol. The summed E-state index contributed by atoms with van der Waals surface area (Å²) in [6.45, 7) is 2.53. The highest BCUT2D eigenvalue weighted by molar-refractivity contribution is 6.00. The first kappa shape index (κ1) is 12.7. The minimum atomic E-state index is 0.104. The molecule has 0 spiro atoms. The number of ether oxygens (including phenoxy) is 2. The molecule has 2 heterocycles. The third-order valence-corrected chi connectivity index (χ3v) is 4.11. The fourth-order valence-electron chi connectivity index (χ4n) is 3.24. The minimum absolute atomic E-state index is 0.104. The van der Waals surface area contributed by atoms with Crippen LogP contribution in [0.15, 0.2) is 24.3 Å². The van der Waals surface area contributed by atoms with Crippen molar-refractivity contribution in [1.29, 1.82) is 0 Å². The molecule has 2 bridgehead atoms. The summed E-state index contributed by atoms with van der Waals surface area (Å²) >= 11 is 0. The van der Waals surface area contributed by atoms with E-state index in [2.05, 4.69) is 0 Å². The lowest BCUT2D eigenvalue weighted by molar-refractivity contribution is -0.0149. The van der Waals surface area contributed by atoms with Gasteiger partial charge in [0.05, 0.1) is 24.4 Å². The van der Waals surface area contributed by atoms with Crippen molar-refractivity contribution in [2.24, 2.45) is 5.92 Å². The van der Waals surface area contributed by atoms with Crippen LogP contribution in [0.2, 0.25) is 0 Å². The van der Waals surface area contributed by atoms with Gasteiger partial charge in [-0.15, -0.1) is 0 Å². The molecule has 2 fully saturated rings. The molecule has 102 valence electrons. The summed E-state index contributed by atoms with van der Waals surface area (Å²) in [4.78, 5) is 12.7. The predicted octanol–water partition coefficient (Wildman–Crippen LogP) is 3.23. The maximum absolute atomic E-state index is 12.7. The molecule has 2 atom stereocenters. The molecule has 0 amide bonds. The zero-order chi connectivity index (χ0) is 13.2. The van der Waals surface area contributed by atoms with E-state index in [0.29, 0.717) is 24.6 Å². The van der Waals surface area contributed by atoms with Crippen LogP contribution in [0, 0.1) is 5.92 Å². The average Bonchev–Trinajstić information content (AvgIpc) is 2.78. The van der Waals surface area contributed by atoms with Gasteiger partial charge < -0.3 is 9.47 Å². The molecule has 1 aromatic carbocycles. The summed E-state index contributed by atoms with van der Waals surface area (Å²) in [5.74, 6) is 1.05. The second-order valence-electron chi connectivity index (χ2n) is 5.42. The highest BCUT2D eigenvalue weighted by atomic mass is 16.5. The van der Waals surface area contributed by atoms with Gasteiger partial charge in [0.25, 0.3) is 0 Å². The SMILES string of the molecule is CCOc1ccccc1C(=O)C1CC2CCC(C1)O2. The van der Waals surface area contributed by atoms with E-state index >= 15 is 0 Å². The van der Waals surface area contributed by atoms with E-state index in [-0.39, 0.29) is 11.7 Å². The topological polar surface area (TPSA) is 35.5 Å². The van der Waals surface area contributed by atoms with Crippen molar-refractivity contribution in [3.63, 3.8) is 0 Å². The predicted molar refractivity (Wildman–Crippen MR) is 72.6 cm³/mol. The van der Waals surface area contributed by atoms with Crippen LogP contribution in [0.25, 0.3) is 0 Å². The molecule has 3 heteroatoms. The Morgan fingerprint density at radius 2 is 1.95 bits per heavy atom. The monoisotopic (exact) mass is 260 g/mol. The lowest BCUT2D eigenvalue weighted by Crippen LogP contribution is -2.30. The lowest BCUT2D eigenvalue weighted by atomic mass is 9.87. The number of ketones is 1. The highest BCUT2D eigenvalue weighted by Gasteiger charge is 2.38. The number of carbonyl (C=O) groups excluding carboxylic acids is 1. The first-order valence-corrected chi connectivity index (χ1v) is 7.19. The molecule has 0 saturated carbocycles. The molecule has 0 aliphatic carbocycles. The standard InChI is InChI=1S/C16H20O3/c1-2-18-15-6-4-3-5-14(15)16(17)11-9-12-7-8-13(10-11)19-12/h3-6,11-13H,2,7-10H2,1H3. The van der Waals surface area contributed by atoms with Gasteiger partial charge in [-0.1, -0.05) is 12.1 Å². The zero-order valence-electron chi connectivity index (χ0n) is 11.3. The number of fused-ring (bicyclic) bond motifs is 2. The van der Waals surface area contributed by atoms with E-state index < -0.39 is 0 Å². The molecule has 2 unspecified atom stereocenters. The van der Waals surface area contributed by atoms with Crippen molar-refractivity contribution < 1.29 is 14.3 Å². The van der Waals surface area contributed by atoms with Gasteiger partial charge in [0.15, 0.2) is 5.78 Å². The Morgan fingerprint density at radius 1 is 1.26 bits per heavy atom. The normalized spacial score (nSPS) is 29.2. The van der Waals surface area contributed by atoms with Crippen LogP contribution in [0.5, 0.6) is 5.75 Å². The zero-order valence-corrected chi connectivity index (χ0v) is 11.3. The molecule has 3 rings (SSSR count). The van der Waals surface area contributed by atoms with Crippen molar-refractivity contribution in [2.45, 2.75) is 44.8 Å². The molecule has 19 heavy (non-hydrogen) atoms. The molecule has 2 aliphatic heterocycles. The van der Waals surface area contributed by atoms with Gasteiger partial charge in [-0.25, -0.2) is 0 Å². The van der Waals surface area contributed by atoms with Gasteiger partial charge in [0, 0.05) is 5.92 Å². The van der Waals surface area contributed by atoms with Gasteiger partial charge in [0.1, 0.15) is 5.75 Å². The van der Waals surface area contributed by atoms with Gasteiger partial charge >= 0.3 is 0 Å². The first-order chi connectivity index (χ1) is 9.28. The van der Waals surface area contributed by atoms with Crippen LogP contribution >= 0.6 is 0 Å². The van der Waals surface area contributed by atoms with Gasteiger partial charge in [0.2, 0.25) is 0 Å². The van der Waals surface area contributed by atoms with Crippen LogP contribution in [0.1, 0.15) is 43.0 Å². The molecular formula is C16H20O3. The maximum Gasteiger partial charge on any atom is 0.169 e. The molecule has 0 aromatic heterocycles. The quantitative estimate of drug-likeness (QED) is 0.780. The largest absolute Gasteiger partial charge is 0.493 e. The second kappa shape index (κ2) is 5.33. The number of rotatable bonds is 4. The van der Waals surface area contributed by atoms with Crippen molar-refractivity contribution in [2.75, 3.05) is 6.61 Å². The van der Waals surface area contributed by atoms with Crippen LogP contribution < -0.4 is 4.74 Å². The number of benzene rings is 1. The molecule has 3 nitrogen and oxygen atoms in total. The Labute approximate surface area is 113 Å². The number of Topliss-reactive ketones (excluding diaryl/α,β-unsaturated/α-hetero) is 1. The maximum atomic E-state index is 12.7. The smallest absolute Gasteiger partial charge is 0.169 e. The molecule has 0 N–H and O–H groups in total. The summed E-state index contributed by atoms with van der Waals surface area (Å²) in [6, 6.07) is 7.58. The van der Waals surface area contributed by atoms with E-state index in [0.717, 1.165) is 31.2 Å². The van der Waals surface area contributed by atoms with E-state index in [1.54, 1.807) is 0 Å². The molecule has 2 aliphatic rings. The van der Waals surface area contributed by atoms with Crippen LogP contribution in [-0.2, 0) is 4.74 Å². The summed E-state index contributed by atoms with van der Waals surface area (Å²) in [5, 5.41) is 0. The average molecular weight is 260 g/mol. The van der Waals surface area contributed by atoms with Crippen LogP contribution in [0.4, 0.5) is 0 Å². The van der Waals surface area contributed by atoms with E-state index in [4.69, 9.17) is 9.47 Å². The number of hydrogen-bond donors (Lipinski definition) is 0. The summed E-state index contributed by atoms with van der Waals surface area (Å²) in [6.07, 6.45) is 4.56. The fraction of sp³-hybridized carbons (Fsp3) is 0.562. The second-order valence-corrected chi connectivity index (χ2v) is 5.42. The van der Waals surface area contributed by atoms with Crippen molar-refractivity contribution in [3.05, 3.63) is 29.8 Å². The van der Waals surface area contributed by atoms with Gasteiger partial charge in [-0.2, -0.15) is 0 Å². The minimum Gasteiger partial charge on any atom is -0.493 e. The lowest BCUT2D eigenvalue weighted by Gasteiger charge is -2.27. The fourth-order valence-corrected chi connectivity index (χ4v) is 3.24. The third kappa shape index (κ3) is 2.52. The van der Waals surface area contributed by atoms with Crippen molar-refractivity contribution >= 4 is 5.78 Å². The molecule has 1 aromatic rings. The van der Waals surface area contributed by atoms with E-state index in [1.165, 1.54) is 0 Å². The number of carbonyl (C=O) groups is 1. The summed E-state index contributed by atoms with van der Waals surface area (Å²) < 4.78 is 11.4. The summed E-state index contributed by atoms with van der Waals surface area (Å²) in [5.41, 5.74) is 0.732. The van der Waals surface area contributed by atoms with Crippen LogP contribution in [0.3, 0.4) is 0 Å². The third-order valence-electron chi connectivity index (χ3n) is 4.11. The Hall–Kier alpha value is -1.35. The molecule has 0 radical (unpaired) electrons. The van der Waals surface area contributed by atoms with E-state index in [9.17, 15) is 4.79 Å². The first-order valence-electron chi connectivity index (χ1n) is 7.19. The highest BCUT2D eigenvalue weighted by Crippen LogP contribution is 2.38. The van der Waals surface area contributed by atoms with Gasteiger partial charge in [-0.05, 0) is 44.7 Å². The number of hydrogen-bond acceptors (Lipinski definition) is 3. The Morgan fingerprint density at radius 3 is 2.63 bits per heavy atom. The Kier molecular flexibility index (Phi) is 3.56. The van der Waals surface area contributed by atoms with Crippen molar-refractivity contribution in [3.8, 4) is 5.75 Å². The van der Waals surface area contributed by atoms with Crippen LogP contribution in [-0.4, -0.2) is 24.6 Å². The Bertz CT molecular complexity index is 457. The van der Waals surface area contributed by atoms with E-state index in [1.807, 2.05) is 31.2 Å². The summed E-state index contributed by atoms with van der Waals surface area (Å²) in [7, 11) is 0. The van der Waals surface area contributed by atoms with Gasteiger partial charge in [-0.3, -0.25) is 4.79 Å². The van der Waals surface area contributed by atoms with Crippen molar-refractivity contribution in [1.82, 2.24) is 0 Å².